The molecule has 0 heterocycles. The van der Waals surface area contributed by atoms with E-state index in [0.29, 0.717) is 6.04 Å². The van der Waals surface area contributed by atoms with E-state index in [1.165, 1.54) is 24.8 Å². The average Bonchev–Trinajstić information content (AvgIpc) is 2.89. The highest BCUT2D eigenvalue weighted by Crippen LogP contribution is 2.42. The van der Waals surface area contributed by atoms with Gasteiger partial charge in [0.15, 0.2) is 0 Å². The summed E-state index contributed by atoms with van der Waals surface area (Å²) in [5, 5.41) is 3.71. The number of hydrogen-bond acceptors (Lipinski definition) is 2. The topological polar surface area (TPSA) is 21.3 Å². The Balaban J connectivity index is 2.24. The molecule has 3 unspecified atom stereocenters. The Morgan fingerprint density at radius 1 is 1.25 bits per heavy atom. The van der Waals surface area contributed by atoms with E-state index < -0.39 is 0 Å². The second-order valence-corrected chi connectivity index (χ2v) is 5.99. The van der Waals surface area contributed by atoms with E-state index in [0.717, 1.165) is 37.2 Å². The van der Waals surface area contributed by atoms with Crippen LogP contribution in [0.25, 0.3) is 0 Å². The summed E-state index contributed by atoms with van der Waals surface area (Å²) >= 11 is 0. The van der Waals surface area contributed by atoms with Crippen LogP contribution in [0.2, 0.25) is 0 Å². The summed E-state index contributed by atoms with van der Waals surface area (Å²) in [7, 11) is 0. The van der Waals surface area contributed by atoms with Gasteiger partial charge in [0.1, 0.15) is 5.75 Å². The molecule has 0 saturated heterocycles. The van der Waals surface area contributed by atoms with Crippen LogP contribution in [0.4, 0.5) is 0 Å². The van der Waals surface area contributed by atoms with E-state index in [4.69, 9.17) is 4.74 Å². The zero-order valence-corrected chi connectivity index (χ0v) is 13.2. The fourth-order valence-electron chi connectivity index (χ4n) is 3.46. The molecule has 1 aliphatic rings. The van der Waals surface area contributed by atoms with Crippen LogP contribution < -0.4 is 10.1 Å². The first-order chi connectivity index (χ1) is 9.77. The molecule has 1 aromatic carbocycles. The number of hydrogen-bond donors (Lipinski definition) is 1. The van der Waals surface area contributed by atoms with Gasteiger partial charge in [-0.1, -0.05) is 51.8 Å². The SMILES string of the molecule is CCCOc1ccccc1C(NCC)C1CCCC1C. The molecule has 0 radical (unpaired) electrons. The summed E-state index contributed by atoms with van der Waals surface area (Å²) in [5.41, 5.74) is 1.35. The third-order valence-corrected chi connectivity index (χ3v) is 4.50. The molecular formula is C18H29NO. The van der Waals surface area contributed by atoms with Gasteiger partial charge in [-0.15, -0.1) is 0 Å². The molecule has 0 bridgehead atoms. The third-order valence-electron chi connectivity index (χ3n) is 4.50. The van der Waals surface area contributed by atoms with E-state index in [9.17, 15) is 0 Å². The summed E-state index contributed by atoms with van der Waals surface area (Å²) in [6.07, 6.45) is 5.12. The predicted molar refractivity (Wildman–Crippen MR) is 85.2 cm³/mol. The highest BCUT2D eigenvalue weighted by atomic mass is 16.5. The molecule has 1 N–H and O–H groups in total. The number of rotatable bonds is 7. The Bertz CT molecular complexity index is 404. The molecule has 2 heteroatoms. The summed E-state index contributed by atoms with van der Waals surface area (Å²) in [4.78, 5) is 0. The zero-order valence-electron chi connectivity index (χ0n) is 13.2. The van der Waals surface area contributed by atoms with Gasteiger partial charge < -0.3 is 10.1 Å². The molecule has 0 amide bonds. The first-order valence-electron chi connectivity index (χ1n) is 8.23. The lowest BCUT2D eigenvalue weighted by atomic mass is 9.85. The van der Waals surface area contributed by atoms with Crippen molar-refractivity contribution in [2.75, 3.05) is 13.2 Å². The molecule has 1 fully saturated rings. The molecule has 1 aliphatic carbocycles. The predicted octanol–water partition coefficient (Wildman–Crippen LogP) is 4.56. The quantitative estimate of drug-likeness (QED) is 0.787. The molecule has 3 atom stereocenters. The molecule has 2 rings (SSSR count). The first kappa shape index (κ1) is 15.4. The molecule has 20 heavy (non-hydrogen) atoms. The fourth-order valence-corrected chi connectivity index (χ4v) is 3.46. The van der Waals surface area contributed by atoms with Gasteiger partial charge in [0.05, 0.1) is 6.61 Å². The Morgan fingerprint density at radius 3 is 2.70 bits per heavy atom. The molecule has 112 valence electrons. The van der Waals surface area contributed by atoms with Crippen LogP contribution in [-0.4, -0.2) is 13.2 Å². The number of nitrogens with one attached hydrogen (secondary N) is 1. The number of ether oxygens (including phenoxy) is 1. The van der Waals surface area contributed by atoms with Crippen molar-refractivity contribution in [2.24, 2.45) is 11.8 Å². The van der Waals surface area contributed by atoms with Crippen molar-refractivity contribution >= 4 is 0 Å². The molecular weight excluding hydrogens is 246 g/mol. The van der Waals surface area contributed by atoms with Crippen LogP contribution in [0.3, 0.4) is 0 Å². The second kappa shape index (κ2) is 7.68. The lowest BCUT2D eigenvalue weighted by Gasteiger charge is -2.29. The lowest BCUT2D eigenvalue weighted by Crippen LogP contribution is -2.30. The first-order valence-corrected chi connectivity index (χ1v) is 8.23. The van der Waals surface area contributed by atoms with Gasteiger partial charge in [0.25, 0.3) is 0 Å². The second-order valence-electron chi connectivity index (χ2n) is 5.99. The minimum Gasteiger partial charge on any atom is -0.493 e. The van der Waals surface area contributed by atoms with Crippen molar-refractivity contribution in [3.05, 3.63) is 29.8 Å². The minimum atomic E-state index is 0.436. The van der Waals surface area contributed by atoms with Gasteiger partial charge >= 0.3 is 0 Å². The summed E-state index contributed by atoms with van der Waals surface area (Å²) in [6.45, 7) is 8.56. The van der Waals surface area contributed by atoms with E-state index in [1.54, 1.807) is 0 Å². The Labute approximate surface area is 123 Å². The van der Waals surface area contributed by atoms with Crippen LogP contribution in [0.5, 0.6) is 5.75 Å². The van der Waals surface area contributed by atoms with Gasteiger partial charge in [-0.05, 0) is 37.3 Å². The van der Waals surface area contributed by atoms with Crippen molar-refractivity contribution in [1.29, 1.82) is 0 Å². The summed E-state index contributed by atoms with van der Waals surface area (Å²) in [5.74, 6) is 2.61. The molecule has 0 aliphatic heterocycles. The minimum absolute atomic E-state index is 0.436. The van der Waals surface area contributed by atoms with Gasteiger partial charge in [0, 0.05) is 11.6 Å². The standard InChI is InChI=1S/C18H29NO/c1-4-13-20-17-12-7-6-10-16(17)18(19-5-2)15-11-8-9-14(15)3/h6-7,10,12,14-15,18-19H,4-5,8-9,11,13H2,1-3H3. The average molecular weight is 275 g/mol. The van der Waals surface area contributed by atoms with Gasteiger partial charge in [-0.2, -0.15) is 0 Å². The van der Waals surface area contributed by atoms with Crippen LogP contribution in [0.15, 0.2) is 24.3 Å². The molecule has 1 aromatic rings. The molecule has 2 nitrogen and oxygen atoms in total. The highest BCUT2D eigenvalue weighted by molar-refractivity contribution is 5.36. The van der Waals surface area contributed by atoms with Crippen LogP contribution >= 0.6 is 0 Å². The molecule has 1 saturated carbocycles. The maximum atomic E-state index is 5.97. The third kappa shape index (κ3) is 3.54. The van der Waals surface area contributed by atoms with Crippen LogP contribution in [0, 0.1) is 11.8 Å². The van der Waals surface area contributed by atoms with Crippen molar-refractivity contribution in [1.82, 2.24) is 5.32 Å². The Kier molecular flexibility index (Phi) is 5.90. The summed E-state index contributed by atoms with van der Waals surface area (Å²) < 4.78 is 5.97. The monoisotopic (exact) mass is 275 g/mol. The smallest absolute Gasteiger partial charge is 0.124 e. The van der Waals surface area contributed by atoms with Crippen molar-refractivity contribution in [2.45, 2.75) is 52.5 Å². The Morgan fingerprint density at radius 2 is 2.05 bits per heavy atom. The van der Waals surface area contributed by atoms with E-state index in [-0.39, 0.29) is 0 Å². The van der Waals surface area contributed by atoms with Crippen molar-refractivity contribution in [3.8, 4) is 5.75 Å². The van der Waals surface area contributed by atoms with E-state index in [2.05, 4.69) is 50.4 Å². The van der Waals surface area contributed by atoms with Crippen LogP contribution in [-0.2, 0) is 0 Å². The van der Waals surface area contributed by atoms with Gasteiger partial charge in [-0.3, -0.25) is 0 Å². The largest absolute Gasteiger partial charge is 0.493 e. The Hall–Kier alpha value is -1.02. The van der Waals surface area contributed by atoms with Gasteiger partial charge in [0.2, 0.25) is 0 Å². The maximum absolute atomic E-state index is 5.97. The lowest BCUT2D eigenvalue weighted by molar-refractivity contribution is 0.278. The molecule has 0 aromatic heterocycles. The number of para-hydroxylation sites is 1. The van der Waals surface area contributed by atoms with E-state index >= 15 is 0 Å². The molecule has 0 spiro atoms. The maximum Gasteiger partial charge on any atom is 0.124 e. The normalized spacial score (nSPS) is 23.8. The summed E-state index contributed by atoms with van der Waals surface area (Å²) in [6, 6.07) is 9.01. The van der Waals surface area contributed by atoms with Gasteiger partial charge in [-0.25, -0.2) is 0 Å². The van der Waals surface area contributed by atoms with Crippen molar-refractivity contribution < 1.29 is 4.74 Å². The fraction of sp³-hybridized carbons (Fsp3) is 0.667. The van der Waals surface area contributed by atoms with E-state index in [1.807, 2.05) is 0 Å². The number of benzene rings is 1. The highest BCUT2D eigenvalue weighted by Gasteiger charge is 2.32. The zero-order chi connectivity index (χ0) is 14.4. The van der Waals surface area contributed by atoms with Crippen molar-refractivity contribution in [3.63, 3.8) is 0 Å². The van der Waals surface area contributed by atoms with Crippen LogP contribution in [0.1, 0.15) is 58.1 Å².